The average molecular weight is 408 g/mol. The molecule has 10 heteroatoms. The fourth-order valence-electron chi connectivity index (χ4n) is 2.16. The van der Waals surface area contributed by atoms with Gasteiger partial charge in [-0.05, 0) is 42.5 Å². The summed E-state index contributed by atoms with van der Waals surface area (Å²) in [6, 6.07) is 13.6. The first kappa shape index (κ1) is 19.5. The van der Waals surface area contributed by atoms with E-state index in [9.17, 15) is 22.0 Å². The standard InChI is InChI=1S/C18H14F2N2O5S/c19-12-6-8-15(20)17(10-12)28(24,25)22-21-18(23)16-9-7-14(27-16)11-26-13-4-2-1-3-5-13/h1-10,22H,11H2,(H,21,23). The molecule has 3 rings (SSSR count). The van der Waals surface area contributed by atoms with Gasteiger partial charge >= 0.3 is 5.91 Å². The van der Waals surface area contributed by atoms with E-state index in [1.54, 1.807) is 29.1 Å². The van der Waals surface area contributed by atoms with Gasteiger partial charge in [-0.25, -0.2) is 17.2 Å². The van der Waals surface area contributed by atoms with Crippen molar-refractivity contribution in [3.05, 3.63) is 83.8 Å². The molecule has 0 radical (unpaired) electrons. The van der Waals surface area contributed by atoms with E-state index in [1.807, 2.05) is 11.5 Å². The Labute approximate surface area is 159 Å². The van der Waals surface area contributed by atoms with E-state index in [4.69, 9.17) is 9.15 Å². The van der Waals surface area contributed by atoms with Crippen molar-refractivity contribution in [3.8, 4) is 5.75 Å². The third-order valence-corrected chi connectivity index (χ3v) is 4.75. The van der Waals surface area contributed by atoms with Gasteiger partial charge in [-0.1, -0.05) is 18.2 Å². The maximum atomic E-state index is 13.6. The van der Waals surface area contributed by atoms with Crippen LogP contribution in [0.3, 0.4) is 0 Å². The van der Waals surface area contributed by atoms with Gasteiger partial charge in [0, 0.05) is 0 Å². The molecule has 0 saturated carbocycles. The number of halogens is 2. The first-order valence-electron chi connectivity index (χ1n) is 7.89. The topological polar surface area (TPSA) is 97.6 Å². The Morgan fingerprint density at radius 2 is 1.79 bits per heavy atom. The van der Waals surface area contributed by atoms with E-state index < -0.39 is 32.5 Å². The second-order valence-electron chi connectivity index (χ2n) is 5.50. The second-order valence-corrected chi connectivity index (χ2v) is 7.15. The van der Waals surface area contributed by atoms with Gasteiger partial charge in [0.2, 0.25) is 0 Å². The lowest BCUT2D eigenvalue weighted by Crippen LogP contribution is -2.41. The van der Waals surface area contributed by atoms with Crippen LogP contribution in [0.15, 0.2) is 70.0 Å². The predicted octanol–water partition coefficient (Wildman–Crippen LogP) is 2.76. The largest absolute Gasteiger partial charge is 0.486 e. The summed E-state index contributed by atoms with van der Waals surface area (Å²) in [5.41, 5.74) is 1.87. The van der Waals surface area contributed by atoms with E-state index in [-0.39, 0.29) is 12.4 Å². The molecule has 2 N–H and O–H groups in total. The number of ether oxygens (including phenoxy) is 1. The van der Waals surface area contributed by atoms with Crippen LogP contribution in [-0.4, -0.2) is 14.3 Å². The monoisotopic (exact) mass is 408 g/mol. The predicted molar refractivity (Wildman–Crippen MR) is 93.6 cm³/mol. The van der Waals surface area contributed by atoms with Crippen molar-refractivity contribution in [3.63, 3.8) is 0 Å². The van der Waals surface area contributed by atoms with Crippen molar-refractivity contribution in [1.29, 1.82) is 0 Å². The number of amides is 1. The van der Waals surface area contributed by atoms with Gasteiger partial charge in [-0.2, -0.15) is 0 Å². The number of furan rings is 1. The minimum atomic E-state index is -4.52. The van der Waals surface area contributed by atoms with Crippen LogP contribution in [-0.2, 0) is 16.6 Å². The summed E-state index contributed by atoms with van der Waals surface area (Å²) < 4.78 is 61.6. The highest BCUT2D eigenvalue weighted by molar-refractivity contribution is 7.89. The van der Waals surface area contributed by atoms with Crippen LogP contribution in [0, 0.1) is 11.6 Å². The minimum absolute atomic E-state index is 0.0531. The van der Waals surface area contributed by atoms with Crippen molar-refractivity contribution >= 4 is 15.9 Å². The van der Waals surface area contributed by atoms with Crippen molar-refractivity contribution in [1.82, 2.24) is 10.3 Å². The molecule has 1 heterocycles. The van der Waals surface area contributed by atoms with Crippen LogP contribution in [0.5, 0.6) is 5.75 Å². The molecule has 0 atom stereocenters. The normalized spacial score (nSPS) is 11.2. The lowest BCUT2D eigenvalue weighted by atomic mass is 10.3. The number of benzene rings is 2. The number of hydrogen-bond donors (Lipinski definition) is 2. The smallest absolute Gasteiger partial charge is 0.301 e. The maximum Gasteiger partial charge on any atom is 0.301 e. The maximum absolute atomic E-state index is 13.6. The van der Waals surface area contributed by atoms with Gasteiger partial charge in [0.05, 0.1) is 0 Å². The molecule has 0 aliphatic rings. The van der Waals surface area contributed by atoms with Gasteiger partial charge < -0.3 is 9.15 Å². The molecule has 0 spiro atoms. The summed E-state index contributed by atoms with van der Waals surface area (Å²) in [7, 11) is -4.52. The molecule has 2 aromatic carbocycles. The summed E-state index contributed by atoms with van der Waals surface area (Å²) in [5, 5.41) is 0. The molecule has 0 fully saturated rings. The number of carbonyl (C=O) groups is 1. The van der Waals surface area contributed by atoms with Gasteiger partial charge in [-0.15, -0.1) is 4.83 Å². The lowest BCUT2D eigenvalue weighted by molar-refractivity contribution is 0.0913. The van der Waals surface area contributed by atoms with Gasteiger partial charge in [-0.3, -0.25) is 10.2 Å². The highest BCUT2D eigenvalue weighted by atomic mass is 32.2. The molecule has 0 aliphatic carbocycles. The first-order chi connectivity index (χ1) is 13.3. The van der Waals surface area contributed by atoms with Crippen LogP contribution in [0.1, 0.15) is 16.3 Å². The van der Waals surface area contributed by atoms with Crippen molar-refractivity contribution in [2.24, 2.45) is 0 Å². The fourth-order valence-corrected chi connectivity index (χ4v) is 3.09. The third-order valence-electron chi connectivity index (χ3n) is 3.49. The minimum Gasteiger partial charge on any atom is -0.486 e. The molecular formula is C18H14F2N2O5S. The van der Waals surface area contributed by atoms with Crippen molar-refractivity contribution in [2.45, 2.75) is 11.5 Å². The number of nitrogens with one attached hydrogen (secondary N) is 2. The number of hydrogen-bond acceptors (Lipinski definition) is 5. The molecule has 1 amide bonds. The third kappa shape index (κ3) is 4.72. The highest BCUT2D eigenvalue weighted by Crippen LogP contribution is 2.16. The van der Waals surface area contributed by atoms with Crippen LogP contribution >= 0.6 is 0 Å². The Morgan fingerprint density at radius 1 is 1.04 bits per heavy atom. The first-order valence-corrected chi connectivity index (χ1v) is 9.37. The van der Waals surface area contributed by atoms with E-state index in [0.717, 1.165) is 6.07 Å². The van der Waals surface area contributed by atoms with E-state index in [2.05, 4.69) is 0 Å². The SMILES string of the molecule is O=C(NNS(=O)(=O)c1cc(F)ccc1F)c1ccc(COc2ccccc2)o1. The zero-order valence-corrected chi connectivity index (χ0v) is 15.0. The number of sulfonamides is 1. The molecule has 146 valence electrons. The second kappa shape index (κ2) is 8.19. The molecule has 0 aliphatic heterocycles. The highest BCUT2D eigenvalue weighted by Gasteiger charge is 2.22. The van der Waals surface area contributed by atoms with Crippen molar-refractivity contribution < 1.29 is 31.1 Å². The Kier molecular flexibility index (Phi) is 5.71. The molecule has 3 aromatic rings. The van der Waals surface area contributed by atoms with Crippen LogP contribution in [0.4, 0.5) is 8.78 Å². The summed E-state index contributed by atoms with van der Waals surface area (Å²) in [6.07, 6.45) is 0. The summed E-state index contributed by atoms with van der Waals surface area (Å²) in [5.74, 6) is -2.30. The Balaban J connectivity index is 1.60. The van der Waals surface area contributed by atoms with E-state index in [1.165, 1.54) is 12.1 Å². The summed E-state index contributed by atoms with van der Waals surface area (Å²) in [6.45, 7) is 0.0531. The molecular weight excluding hydrogens is 394 g/mol. The van der Waals surface area contributed by atoms with Crippen LogP contribution in [0.25, 0.3) is 0 Å². The Morgan fingerprint density at radius 3 is 2.54 bits per heavy atom. The molecule has 0 unspecified atom stereocenters. The number of para-hydroxylation sites is 1. The van der Waals surface area contributed by atoms with Crippen molar-refractivity contribution in [2.75, 3.05) is 0 Å². The van der Waals surface area contributed by atoms with E-state index in [0.29, 0.717) is 23.6 Å². The van der Waals surface area contributed by atoms with Gasteiger partial charge in [0.1, 0.15) is 34.6 Å². The fraction of sp³-hybridized carbons (Fsp3) is 0.0556. The molecule has 1 aromatic heterocycles. The molecule has 28 heavy (non-hydrogen) atoms. The quantitative estimate of drug-likeness (QED) is 0.586. The number of rotatable bonds is 7. The Bertz CT molecular complexity index is 1080. The number of carbonyl (C=O) groups excluding carboxylic acids is 1. The average Bonchev–Trinajstić information content (AvgIpc) is 3.16. The summed E-state index contributed by atoms with van der Waals surface area (Å²) >= 11 is 0. The lowest BCUT2D eigenvalue weighted by Gasteiger charge is -2.08. The van der Waals surface area contributed by atoms with Gasteiger partial charge in [0.25, 0.3) is 10.0 Å². The van der Waals surface area contributed by atoms with Crippen LogP contribution < -0.4 is 15.0 Å². The summed E-state index contributed by atoms with van der Waals surface area (Å²) in [4.78, 5) is 12.8. The number of hydrazine groups is 1. The molecule has 0 bridgehead atoms. The molecule has 0 saturated heterocycles. The van der Waals surface area contributed by atoms with Crippen LogP contribution in [0.2, 0.25) is 0 Å². The molecule has 7 nitrogen and oxygen atoms in total. The zero-order valence-electron chi connectivity index (χ0n) is 14.2. The zero-order chi connectivity index (χ0) is 20.1. The Hall–Kier alpha value is -3.24. The van der Waals surface area contributed by atoms with Gasteiger partial charge in [0.15, 0.2) is 5.76 Å². The van der Waals surface area contributed by atoms with E-state index >= 15 is 0 Å².